The molecule has 0 bridgehead atoms. The highest BCUT2D eigenvalue weighted by atomic mass is 16.7. The maximum Gasteiger partial charge on any atom is 0.332 e. The molecule has 10 heteroatoms. The molecular formula is C34H43N5O5. The second-order valence-corrected chi connectivity index (χ2v) is 12.0. The van der Waals surface area contributed by atoms with Crippen molar-refractivity contribution in [2.45, 2.75) is 104 Å². The van der Waals surface area contributed by atoms with Crippen LogP contribution in [0.25, 0.3) is 22.6 Å². The summed E-state index contributed by atoms with van der Waals surface area (Å²) in [4.78, 5) is 38.0. The topological polar surface area (TPSA) is 102 Å². The molecule has 4 heterocycles. The monoisotopic (exact) mass is 601 g/mol. The molecule has 1 aliphatic carbocycles. The molecule has 0 radical (unpaired) electrons. The van der Waals surface area contributed by atoms with Crippen LogP contribution in [0, 0.1) is 6.92 Å². The van der Waals surface area contributed by atoms with E-state index in [9.17, 15) is 9.59 Å². The van der Waals surface area contributed by atoms with Crippen LogP contribution >= 0.6 is 0 Å². The van der Waals surface area contributed by atoms with Crippen LogP contribution in [0.4, 0.5) is 0 Å². The number of fused-ring (bicyclic) bond motifs is 1. The summed E-state index contributed by atoms with van der Waals surface area (Å²) in [5.41, 5.74) is 2.70. The van der Waals surface area contributed by atoms with Gasteiger partial charge >= 0.3 is 5.69 Å². The number of aromatic nitrogens is 5. The molecule has 1 saturated heterocycles. The van der Waals surface area contributed by atoms with E-state index in [1.54, 1.807) is 4.57 Å². The smallest absolute Gasteiger partial charge is 0.332 e. The first-order chi connectivity index (χ1) is 21.4. The molecule has 2 unspecified atom stereocenters. The van der Waals surface area contributed by atoms with Crippen LogP contribution in [0.1, 0.15) is 82.5 Å². The lowest BCUT2D eigenvalue weighted by atomic mass is 9.96. The minimum Gasteiger partial charge on any atom is -0.474 e. The molecule has 6 rings (SSSR count). The molecule has 44 heavy (non-hydrogen) atoms. The second-order valence-electron chi connectivity index (χ2n) is 12.0. The van der Waals surface area contributed by atoms with Crippen molar-refractivity contribution in [2.24, 2.45) is 0 Å². The molecule has 0 spiro atoms. The molecular weight excluding hydrogens is 558 g/mol. The summed E-state index contributed by atoms with van der Waals surface area (Å²) >= 11 is 0. The third kappa shape index (κ3) is 6.23. The van der Waals surface area contributed by atoms with Crippen LogP contribution in [0.15, 0.2) is 52.1 Å². The second kappa shape index (κ2) is 13.5. The van der Waals surface area contributed by atoms with Crippen molar-refractivity contribution < 1.29 is 14.2 Å². The Morgan fingerprint density at radius 2 is 1.82 bits per heavy atom. The van der Waals surface area contributed by atoms with E-state index >= 15 is 0 Å². The first-order valence-corrected chi connectivity index (χ1v) is 16.1. The highest BCUT2D eigenvalue weighted by Crippen LogP contribution is 2.30. The lowest BCUT2D eigenvalue weighted by Gasteiger charge is -2.25. The van der Waals surface area contributed by atoms with Crippen molar-refractivity contribution in [3.63, 3.8) is 0 Å². The summed E-state index contributed by atoms with van der Waals surface area (Å²) in [5.74, 6) is 1.20. The Bertz CT molecular complexity index is 1700. The quantitative estimate of drug-likeness (QED) is 0.194. The van der Waals surface area contributed by atoms with Gasteiger partial charge in [-0.3, -0.25) is 13.9 Å². The molecule has 10 nitrogen and oxygen atoms in total. The van der Waals surface area contributed by atoms with Crippen molar-refractivity contribution >= 4 is 11.2 Å². The van der Waals surface area contributed by atoms with Crippen LogP contribution in [0.2, 0.25) is 0 Å². The lowest BCUT2D eigenvalue weighted by Crippen LogP contribution is -2.42. The molecule has 4 aromatic rings. The van der Waals surface area contributed by atoms with Gasteiger partial charge in [0.2, 0.25) is 5.88 Å². The fourth-order valence-corrected chi connectivity index (χ4v) is 5.94. The minimum absolute atomic E-state index is 0.158. The van der Waals surface area contributed by atoms with Gasteiger partial charge in [-0.15, -0.1) is 0 Å². The van der Waals surface area contributed by atoms with Gasteiger partial charge in [0.25, 0.3) is 5.56 Å². The summed E-state index contributed by atoms with van der Waals surface area (Å²) in [5, 5.41) is 0. The number of pyridine rings is 1. The van der Waals surface area contributed by atoms with Crippen molar-refractivity contribution in [3.8, 4) is 17.3 Å². The van der Waals surface area contributed by atoms with Gasteiger partial charge < -0.3 is 18.8 Å². The Morgan fingerprint density at radius 3 is 2.50 bits per heavy atom. The van der Waals surface area contributed by atoms with Crippen LogP contribution in [-0.2, 0) is 22.6 Å². The van der Waals surface area contributed by atoms with Crippen molar-refractivity contribution in [3.05, 3.63) is 74.6 Å². The Balaban J connectivity index is 1.44. The largest absolute Gasteiger partial charge is 0.474 e. The van der Waals surface area contributed by atoms with Crippen molar-refractivity contribution in [1.82, 2.24) is 23.7 Å². The van der Waals surface area contributed by atoms with Gasteiger partial charge in [0, 0.05) is 37.4 Å². The minimum atomic E-state index is -0.347. The van der Waals surface area contributed by atoms with Gasteiger partial charge in [0.05, 0.1) is 12.3 Å². The molecule has 1 aromatic carbocycles. The zero-order valence-electron chi connectivity index (χ0n) is 26.0. The highest BCUT2D eigenvalue weighted by molar-refractivity contribution is 5.78. The molecule has 0 N–H and O–H groups in total. The number of rotatable bonds is 12. The van der Waals surface area contributed by atoms with Crippen LogP contribution in [0.3, 0.4) is 0 Å². The number of benzene rings is 1. The van der Waals surface area contributed by atoms with Crippen molar-refractivity contribution in [1.29, 1.82) is 0 Å². The molecule has 2 aliphatic rings. The number of ether oxygens (including phenoxy) is 3. The zero-order chi connectivity index (χ0) is 30.6. The first-order valence-electron chi connectivity index (χ1n) is 16.1. The fourth-order valence-electron chi connectivity index (χ4n) is 5.94. The molecule has 234 valence electrons. The fraction of sp³-hybridized carbons (Fsp3) is 0.529. The van der Waals surface area contributed by atoms with E-state index in [0.717, 1.165) is 48.9 Å². The zero-order valence-corrected chi connectivity index (χ0v) is 26.0. The van der Waals surface area contributed by atoms with E-state index in [1.165, 1.54) is 11.0 Å². The summed E-state index contributed by atoms with van der Waals surface area (Å²) in [6.45, 7) is 7.75. The normalized spacial score (nSPS) is 17.9. The van der Waals surface area contributed by atoms with Crippen LogP contribution in [-0.4, -0.2) is 49.3 Å². The Labute approximate surface area is 257 Å². The summed E-state index contributed by atoms with van der Waals surface area (Å²) < 4.78 is 22.6. The average molecular weight is 602 g/mol. The number of imidazole rings is 1. The molecule has 1 aliphatic heterocycles. The summed E-state index contributed by atoms with van der Waals surface area (Å²) in [7, 11) is 0. The number of hydrogen-bond donors (Lipinski definition) is 0. The highest BCUT2D eigenvalue weighted by Gasteiger charge is 2.26. The standard InChI is InChI=1S/C34H43N5O5/c1-4-23(2)39-32-30(33(40)37(34(39)41)19-11-21-43-29-16-8-9-20-42-29)38(22-25-12-6-5-7-13-25)31(36-32)27-17-18-28(35-24(27)3)44-26-14-10-15-26/h5-7,12-13,17-18,23,26,29H,4,8-11,14-16,19-22H2,1-3H3. The third-order valence-electron chi connectivity index (χ3n) is 8.89. The van der Waals surface area contributed by atoms with Gasteiger partial charge in [-0.05, 0) is 76.8 Å². The molecule has 1 saturated carbocycles. The number of nitrogens with zero attached hydrogens (tertiary/aromatic N) is 5. The van der Waals surface area contributed by atoms with Gasteiger partial charge in [0.1, 0.15) is 11.9 Å². The van der Waals surface area contributed by atoms with Crippen molar-refractivity contribution in [2.75, 3.05) is 13.2 Å². The SMILES string of the molecule is CCC(C)n1c(=O)n(CCCOC2CCCCO2)c(=O)c2c1nc(-c1ccc(OC3CCC3)nc1C)n2Cc1ccccc1. The average Bonchev–Trinajstić information content (AvgIpc) is 3.37. The molecule has 3 aromatic heterocycles. The van der Waals surface area contributed by atoms with Crippen LogP contribution in [0.5, 0.6) is 5.88 Å². The van der Waals surface area contributed by atoms with E-state index < -0.39 is 0 Å². The van der Waals surface area contributed by atoms with Gasteiger partial charge in [-0.1, -0.05) is 37.3 Å². The Kier molecular flexibility index (Phi) is 9.28. The summed E-state index contributed by atoms with van der Waals surface area (Å²) in [6, 6.07) is 13.7. The number of hydrogen-bond acceptors (Lipinski definition) is 7. The van der Waals surface area contributed by atoms with E-state index in [-0.39, 0.29) is 36.2 Å². The number of aryl methyl sites for hydroxylation is 1. The van der Waals surface area contributed by atoms with Gasteiger partial charge in [-0.2, -0.15) is 0 Å². The van der Waals surface area contributed by atoms with Gasteiger partial charge in [-0.25, -0.2) is 14.8 Å². The predicted molar refractivity (Wildman–Crippen MR) is 169 cm³/mol. The first kappa shape index (κ1) is 30.3. The maximum absolute atomic E-state index is 14.3. The van der Waals surface area contributed by atoms with E-state index in [2.05, 4.69) is 0 Å². The van der Waals surface area contributed by atoms with E-state index in [4.69, 9.17) is 24.2 Å². The Hall–Kier alpha value is -3.76. The van der Waals surface area contributed by atoms with Gasteiger partial charge in [0.15, 0.2) is 17.5 Å². The lowest BCUT2D eigenvalue weighted by molar-refractivity contribution is -0.163. The summed E-state index contributed by atoms with van der Waals surface area (Å²) in [6.07, 6.45) is 7.53. The van der Waals surface area contributed by atoms with E-state index in [1.807, 2.05) is 67.8 Å². The molecule has 0 amide bonds. The third-order valence-corrected chi connectivity index (χ3v) is 8.89. The van der Waals surface area contributed by atoms with E-state index in [0.29, 0.717) is 55.5 Å². The molecule has 2 fully saturated rings. The predicted octanol–water partition coefficient (Wildman–Crippen LogP) is 5.61. The molecule has 2 atom stereocenters. The van der Waals surface area contributed by atoms with Crippen LogP contribution < -0.4 is 16.0 Å². The Morgan fingerprint density at radius 1 is 1.00 bits per heavy atom. The maximum atomic E-state index is 14.3.